The summed E-state index contributed by atoms with van der Waals surface area (Å²) in [5.74, 6) is -0.178. The fourth-order valence-electron chi connectivity index (χ4n) is 3.28. The number of nitrogens with zero attached hydrogens (tertiary/aromatic N) is 2. The molecule has 0 bridgehead atoms. The largest absolute Gasteiger partial charge is 0.416 e. The van der Waals surface area contributed by atoms with Crippen LogP contribution in [0.3, 0.4) is 0 Å². The summed E-state index contributed by atoms with van der Waals surface area (Å²) in [6.07, 6.45) is -2.77. The van der Waals surface area contributed by atoms with Gasteiger partial charge in [0, 0.05) is 6.54 Å². The van der Waals surface area contributed by atoms with Gasteiger partial charge in [0.15, 0.2) is 0 Å². The molecule has 7 heteroatoms. The molecule has 30 heavy (non-hydrogen) atoms. The molecule has 0 unspecified atom stereocenters. The number of benzene rings is 3. The van der Waals surface area contributed by atoms with Crippen LogP contribution in [-0.2, 0) is 24.1 Å². The summed E-state index contributed by atoms with van der Waals surface area (Å²) in [7, 11) is 0. The van der Waals surface area contributed by atoms with Crippen molar-refractivity contribution < 1.29 is 18.0 Å². The van der Waals surface area contributed by atoms with Crippen LogP contribution in [-0.4, -0.2) is 15.5 Å². The molecule has 1 aromatic heterocycles. The monoisotopic (exact) mass is 409 g/mol. The van der Waals surface area contributed by atoms with Crippen LogP contribution in [0.4, 0.5) is 13.2 Å². The molecule has 0 atom stereocenters. The van der Waals surface area contributed by atoms with Gasteiger partial charge in [-0.1, -0.05) is 42.5 Å². The Balaban J connectivity index is 1.44. The van der Waals surface area contributed by atoms with E-state index in [1.54, 1.807) is 35.2 Å². The summed E-state index contributed by atoms with van der Waals surface area (Å²) < 4.78 is 40.7. The van der Waals surface area contributed by atoms with Crippen molar-refractivity contribution in [2.24, 2.45) is 0 Å². The number of alkyl halides is 3. The summed E-state index contributed by atoms with van der Waals surface area (Å²) in [5, 5.41) is 2.85. The molecule has 4 aromatic rings. The van der Waals surface area contributed by atoms with E-state index in [1.165, 1.54) is 6.07 Å². The number of carbonyl (C=O) groups is 1. The second kappa shape index (κ2) is 8.02. The van der Waals surface area contributed by atoms with Gasteiger partial charge >= 0.3 is 6.18 Å². The van der Waals surface area contributed by atoms with Crippen LogP contribution in [0.15, 0.2) is 79.1 Å². The second-order valence-electron chi connectivity index (χ2n) is 6.92. The first-order valence-corrected chi connectivity index (χ1v) is 9.33. The second-order valence-corrected chi connectivity index (χ2v) is 6.92. The van der Waals surface area contributed by atoms with Crippen LogP contribution in [0, 0.1) is 0 Å². The highest BCUT2D eigenvalue weighted by Gasteiger charge is 2.30. The van der Waals surface area contributed by atoms with Gasteiger partial charge in [0.25, 0.3) is 0 Å². The fourth-order valence-corrected chi connectivity index (χ4v) is 3.28. The molecule has 0 aliphatic heterocycles. The Morgan fingerprint density at radius 2 is 1.67 bits per heavy atom. The number of nitrogens with one attached hydrogen (secondary N) is 1. The van der Waals surface area contributed by atoms with Gasteiger partial charge in [-0.05, 0) is 47.0 Å². The smallest absolute Gasteiger partial charge is 0.350 e. The number of carbonyl (C=O) groups excluding carboxylic acids is 1. The molecule has 0 aliphatic rings. The molecule has 0 saturated carbocycles. The lowest BCUT2D eigenvalue weighted by Crippen LogP contribution is -2.26. The fraction of sp³-hybridized carbons (Fsp3) is 0.130. The van der Waals surface area contributed by atoms with E-state index in [4.69, 9.17) is 0 Å². The zero-order valence-corrected chi connectivity index (χ0v) is 15.9. The number of aromatic nitrogens is 2. The van der Waals surface area contributed by atoms with E-state index in [0.717, 1.165) is 28.7 Å². The van der Waals surface area contributed by atoms with E-state index in [-0.39, 0.29) is 19.0 Å². The lowest BCUT2D eigenvalue weighted by Gasteiger charge is -2.11. The summed E-state index contributed by atoms with van der Waals surface area (Å²) >= 11 is 0. The first kappa shape index (κ1) is 19.7. The van der Waals surface area contributed by atoms with Crippen molar-refractivity contribution >= 4 is 16.9 Å². The Morgan fingerprint density at radius 3 is 2.47 bits per heavy atom. The molecule has 0 radical (unpaired) electrons. The molecular weight excluding hydrogens is 391 g/mol. The minimum atomic E-state index is -4.39. The van der Waals surface area contributed by atoms with E-state index in [0.29, 0.717) is 11.1 Å². The first-order valence-electron chi connectivity index (χ1n) is 9.33. The molecule has 4 nitrogen and oxygen atoms in total. The maximum atomic E-state index is 13.0. The molecule has 0 spiro atoms. The van der Waals surface area contributed by atoms with E-state index < -0.39 is 11.7 Å². The number of hydrogen-bond donors (Lipinski definition) is 1. The summed E-state index contributed by atoms with van der Waals surface area (Å²) in [4.78, 5) is 16.6. The zero-order valence-electron chi connectivity index (χ0n) is 15.9. The van der Waals surface area contributed by atoms with Crippen molar-refractivity contribution in [2.75, 3.05) is 0 Å². The Bertz CT molecular complexity index is 1200. The third-order valence-electron chi connectivity index (χ3n) is 4.78. The molecule has 0 fully saturated rings. The molecule has 1 N–H and O–H groups in total. The van der Waals surface area contributed by atoms with E-state index in [1.807, 2.05) is 30.3 Å². The van der Waals surface area contributed by atoms with Gasteiger partial charge in [-0.25, -0.2) is 4.98 Å². The summed E-state index contributed by atoms with van der Waals surface area (Å²) in [6, 6.07) is 19.9. The van der Waals surface area contributed by atoms with Crippen molar-refractivity contribution in [3.8, 4) is 11.1 Å². The maximum absolute atomic E-state index is 13.0. The van der Waals surface area contributed by atoms with Gasteiger partial charge in [-0.2, -0.15) is 13.2 Å². The van der Waals surface area contributed by atoms with Gasteiger partial charge in [-0.15, -0.1) is 0 Å². The molecular formula is C23H18F3N3O. The van der Waals surface area contributed by atoms with Gasteiger partial charge < -0.3 is 9.88 Å². The number of fused-ring (bicyclic) bond motifs is 1. The molecule has 0 aliphatic carbocycles. The normalized spacial score (nSPS) is 11.6. The van der Waals surface area contributed by atoms with Crippen LogP contribution in [0.25, 0.3) is 22.2 Å². The van der Waals surface area contributed by atoms with Crippen LogP contribution in [0.1, 0.15) is 11.1 Å². The predicted octanol–water partition coefficient (Wildman–Crippen LogP) is 5.04. The molecule has 1 amide bonds. The number of hydrogen-bond acceptors (Lipinski definition) is 2. The number of rotatable bonds is 5. The highest BCUT2D eigenvalue weighted by molar-refractivity contribution is 5.80. The SMILES string of the molecule is O=C(Cn1cnc2ccccc21)NCc1cccc(-c2cccc(C(F)(F)F)c2)c1. The Hall–Kier alpha value is -3.61. The van der Waals surface area contributed by atoms with Crippen molar-refractivity contribution in [2.45, 2.75) is 19.3 Å². The van der Waals surface area contributed by atoms with Crippen molar-refractivity contribution in [3.05, 3.63) is 90.3 Å². The van der Waals surface area contributed by atoms with Gasteiger partial charge in [0.2, 0.25) is 5.91 Å². The Labute approximate surface area is 171 Å². The molecule has 1 heterocycles. The minimum absolute atomic E-state index is 0.133. The van der Waals surface area contributed by atoms with Crippen LogP contribution >= 0.6 is 0 Å². The lowest BCUT2D eigenvalue weighted by molar-refractivity contribution is -0.137. The third kappa shape index (κ3) is 4.35. The average molecular weight is 409 g/mol. The topological polar surface area (TPSA) is 46.9 Å². The lowest BCUT2D eigenvalue weighted by atomic mass is 10.0. The Kier molecular flexibility index (Phi) is 5.27. The highest BCUT2D eigenvalue weighted by atomic mass is 19.4. The number of para-hydroxylation sites is 2. The highest BCUT2D eigenvalue weighted by Crippen LogP contribution is 2.32. The molecule has 4 rings (SSSR count). The van der Waals surface area contributed by atoms with Crippen LogP contribution in [0.2, 0.25) is 0 Å². The molecule has 3 aromatic carbocycles. The van der Waals surface area contributed by atoms with Gasteiger partial charge in [0.1, 0.15) is 6.54 Å². The number of imidazole rings is 1. The zero-order chi connectivity index (χ0) is 21.1. The average Bonchev–Trinajstić information content (AvgIpc) is 3.15. The van der Waals surface area contributed by atoms with Gasteiger partial charge in [0.05, 0.1) is 22.9 Å². The van der Waals surface area contributed by atoms with Crippen molar-refractivity contribution in [3.63, 3.8) is 0 Å². The quantitative estimate of drug-likeness (QED) is 0.502. The Morgan fingerprint density at radius 1 is 0.933 bits per heavy atom. The first-order chi connectivity index (χ1) is 14.4. The third-order valence-corrected chi connectivity index (χ3v) is 4.78. The molecule has 152 valence electrons. The van der Waals surface area contributed by atoms with Crippen molar-refractivity contribution in [1.29, 1.82) is 0 Å². The summed E-state index contributed by atoms with van der Waals surface area (Å²) in [6.45, 7) is 0.409. The van der Waals surface area contributed by atoms with E-state index >= 15 is 0 Å². The number of halogens is 3. The standard InChI is InChI=1S/C23H18F3N3O/c24-23(25,26)19-8-4-7-18(12-19)17-6-3-5-16(11-17)13-27-22(30)14-29-15-28-20-9-1-2-10-21(20)29/h1-12,15H,13-14H2,(H,27,30). The number of amides is 1. The van der Waals surface area contributed by atoms with Gasteiger partial charge in [-0.3, -0.25) is 4.79 Å². The molecule has 0 saturated heterocycles. The van der Waals surface area contributed by atoms with E-state index in [2.05, 4.69) is 10.3 Å². The van der Waals surface area contributed by atoms with Crippen molar-refractivity contribution in [1.82, 2.24) is 14.9 Å². The summed E-state index contributed by atoms with van der Waals surface area (Å²) in [5.41, 5.74) is 2.94. The van der Waals surface area contributed by atoms with Crippen LogP contribution in [0.5, 0.6) is 0 Å². The maximum Gasteiger partial charge on any atom is 0.416 e. The van der Waals surface area contributed by atoms with Crippen LogP contribution < -0.4 is 5.32 Å². The predicted molar refractivity (Wildman–Crippen MR) is 108 cm³/mol. The van der Waals surface area contributed by atoms with E-state index in [9.17, 15) is 18.0 Å². The minimum Gasteiger partial charge on any atom is -0.350 e.